The Morgan fingerprint density at radius 1 is 1.19 bits per heavy atom. The van der Waals surface area contributed by atoms with Crippen molar-refractivity contribution >= 4 is 46.2 Å². The van der Waals surface area contributed by atoms with Gasteiger partial charge in [0.2, 0.25) is 0 Å². The van der Waals surface area contributed by atoms with E-state index in [9.17, 15) is 0 Å². The fraction of sp³-hybridized carbons (Fsp3) is 0.533. The molecule has 1 rings (SSSR count). The molecule has 0 fully saturated rings. The van der Waals surface area contributed by atoms with E-state index in [1.807, 2.05) is 6.07 Å². The predicted molar refractivity (Wildman–Crippen MR) is 97.6 cm³/mol. The van der Waals surface area contributed by atoms with Gasteiger partial charge in [-0.3, -0.25) is 0 Å². The van der Waals surface area contributed by atoms with Gasteiger partial charge in [-0.25, -0.2) is 0 Å². The Morgan fingerprint density at radius 3 is 2.24 bits per heavy atom. The van der Waals surface area contributed by atoms with Crippen LogP contribution in [0, 0.1) is 5.92 Å². The number of likely N-dealkylation sites (N-methyl/N-ethyl adjacent to an activating group) is 1. The van der Waals surface area contributed by atoms with Crippen molar-refractivity contribution in [2.24, 2.45) is 5.92 Å². The lowest BCUT2D eigenvalue weighted by molar-refractivity contribution is 0.310. The molecule has 3 nitrogen and oxygen atoms in total. The zero-order valence-corrected chi connectivity index (χ0v) is 15.3. The molecule has 0 radical (unpaired) electrons. The quantitative estimate of drug-likeness (QED) is 0.776. The van der Waals surface area contributed by atoms with Gasteiger partial charge in [-0.15, -0.1) is 0 Å². The Hall–Kier alpha value is -0.550. The highest BCUT2D eigenvalue weighted by Crippen LogP contribution is 2.30. The van der Waals surface area contributed by atoms with Gasteiger partial charge < -0.3 is 15.1 Å². The first kappa shape index (κ1) is 18.5. The summed E-state index contributed by atoms with van der Waals surface area (Å²) in [6.07, 6.45) is 0. The van der Waals surface area contributed by atoms with Gasteiger partial charge in [0.25, 0.3) is 0 Å². The molecule has 0 saturated carbocycles. The first-order chi connectivity index (χ1) is 9.81. The Balaban J connectivity index is 2.80. The highest BCUT2D eigenvalue weighted by Gasteiger charge is 2.14. The maximum atomic E-state index is 6.18. The molecule has 0 aromatic heterocycles. The smallest absolute Gasteiger partial charge is 0.173 e. The molecule has 1 N–H and O–H groups in total. The number of nitrogens with zero attached hydrogens (tertiary/aromatic N) is 2. The second kappa shape index (κ2) is 8.79. The second-order valence-electron chi connectivity index (χ2n) is 5.67. The van der Waals surface area contributed by atoms with Crippen molar-refractivity contribution < 1.29 is 0 Å². The molecule has 0 aliphatic carbocycles. The van der Waals surface area contributed by atoms with Gasteiger partial charge in [0, 0.05) is 19.6 Å². The molecule has 118 valence electrons. The Bertz CT molecular complexity index is 458. The summed E-state index contributed by atoms with van der Waals surface area (Å²) in [6, 6.07) is 5.41. The minimum absolute atomic E-state index is 0.522. The van der Waals surface area contributed by atoms with Crippen LogP contribution in [0.25, 0.3) is 0 Å². The second-order valence-corrected chi connectivity index (χ2v) is 6.87. The molecule has 0 aliphatic heterocycles. The standard InChI is InChI=1S/C15H23Cl2N3S/c1-11(2)10-20(9-8-19(3)4)15(21)18-14-12(16)6-5-7-13(14)17/h5-7,11H,8-10H2,1-4H3,(H,18,21). The number of anilines is 1. The SMILES string of the molecule is CC(C)CN(CCN(C)C)C(=S)Nc1c(Cl)cccc1Cl. The largest absolute Gasteiger partial charge is 0.347 e. The molecule has 6 heteroatoms. The van der Waals surface area contributed by atoms with Crippen molar-refractivity contribution in [3.63, 3.8) is 0 Å². The van der Waals surface area contributed by atoms with Crippen LogP contribution in [-0.4, -0.2) is 48.6 Å². The number of benzene rings is 1. The number of halogens is 2. The summed E-state index contributed by atoms with van der Waals surface area (Å²) in [7, 11) is 4.10. The summed E-state index contributed by atoms with van der Waals surface area (Å²) in [5.74, 6) is 0.522. The van der Waals surface area contributed by atoms with Crippen molar-refractivity contribution in [2.45, 2.75) is 13.8 Å². The van der Waals surface area contributed by atoms with Crippen molar-refractivity contribution in [3.8, 4) is 0 Å². The number of para-hydroxylation sites is 1. The van der Waals surface area contributed by atoms with Gasteiger partial charge >= 0.3 is 0 Å². The number of hydrogen-bond donors (Lipinski definition) is 1. The van der Waals surface area contributed by atoms with Crippen LogP contribution < -0.4 is 5.32 Å². The number of nitrogens with one attached hydrogen (secondary N) is 1. The van der Waals surface area contributed by atoms with Gasteiger partial charge in [-0.1, -0.05) is 43.1 Å². The normalized spacial score (nSPS) is 11.0. The van der Waals surface area contributed by atoms with Crippen LogP contribution in [0.4, 0.5) is 5.69 Å². The van der Waals surface area contributed by atoms with Crippen LogP contribution in [0.5, 0.6) is 0 Å². The third-order valence-electron chi connectivity index (χ3n) is 2.88. The molecule has 0 aliphatic rings. The summed E-state index contributed by atoms with van der Waals surface area (Å²) in [5, 5.41) is 4.98. The monoisotopic (exact) mass is 347 g/mol. The fourth-order valence-corrected chi connectivity index (χ4v) is 2.60. The van der Waals surface area contributed by atoms with Crippen LogP contribution in [-0.2, 0) is 0 Å². The third kappa shape index (κ3) is 6.39. The van der Waals surface area contributed by atoms with Gasteiger partial charge in [-0.05, 0) is 44.4 Å². The molecule has 0 saturated heterocycles. The average Bonchev–Trinajstić information content (AvgIpc) is 2.38. The van der Waals surface area contributed by atoms with Crippen molar-refractivity contribution in [3.05, 3.63) is 28.2 Å². The van der Waals surface area contributed by atoms with Crippen molar-refractivity contribution in [1.29, 1.82) is 0 Å². The van der Waals surface area contributed by atoms with E-state index in [-0.39, 0.29) is 0 Å². The van der Waals surface area contributed by atoms with Crippen LogP contribution in [0.3, 0.4) is 0 Å². The van der Waals surface area contributed by atoms with Gasteiger partial charge in [0.05, 0.1) is 15.7 Å². The first-order valence-electron chi connectivity index (χ1n) is 6.96. The molecular formula is C15H23Cl2N3S. The van der Waals surface area contributed by atoms with Crippen LogP contribution in [0.15, 0.2) is 18.2 Å². The van der Waals surface area contributed by atoms with E-state index in [4.69, 9.17) is 35.4 Å². The number of rotatable bonds is 6. The zero-order valence-electron chi connectivity index (χ0n) is 13.0. The molecule has 1 aromatic carbocycles. The fourth-order valence-electron chi connectivity index (χ4n) is 1.84. The predicted octanol–water partition coefficient (Wildman–Crippen LogP) is 4.21. The minimum Gasteiger partial charge on any atom is -0.347 e. The summed E-state index contributed by atoms with van der Waals surface area (Å²) < 4.78 is 0. The molecule has 0 unspecified atom stereocenters. The maximum absolute atomic E-state index is 6.18. The molecule has 1 aromatic rings. The van der Waals surface area contributed by atoms with E-state index in [0.29, 0.717) is 26.8 Å². The lowest BCUT2D eigenvalue weighted by Crippen LogP contribution is -2.41. The number of thiocarbonyl (C=S) groups is 1. The summed E-state index contributed by atoms with van der Waals surface area (Å²) in [4.78, 5) is 4.29. The minimum atomic E-state index is 0.522. The average molecular weight is 348 g/mol. The molecule has 0 amide bonds. The zero-order chi connectivity index (χ0) is 16.0. The molecule has 0 atom stereocenters. The molecule has 0 spiro atoms. The lowest BCUT2D eigenvalue weighted by Gasteiger charge is -2.29. The summed E-state index contributed by atoms with van der Waals surface area (Å²) >= 11 is 17.9. The van der Waals surface area contributed by atoms with Gasteiger partial charge in [-0.2, -0.15) is 0 Å². The third-order valence-corrected chi connectivity index (χ3v) is 3.87. The van der Waals surface area contributed by atoms with E-state index in [0.717, 1.165) is 19.6 Å². The van der Waals surface area contributed by atoms with E-state index in [1.165, 1.54) is 0 Å². The Labute approximate surface area is 143 Å². The van der Waals surface area contributed by atoms with E-state index in [1.54, 1.807) is 12.1 Å². The molecule has 0 bridgehead atoms. The molecule has 21 heavy (non-hydrogen) atoms. The molecule has 0 heterocycles. The van der Waals surface area contributed by atoms with E-state index >= 15 is 0 Å². The summed E-state index contributed by atoms with van der Waals surface area (Å²) in [5.41, 5.74) is 0.671. The number of hydrogen-bond acceptors (Lipinski definition) is 2. The van der Waals surface area contributed by atoms with Crippen molar-refractivity contribution in [1.82, 2.24) is 9.80 Å². The highest BCUT2D eigenvalue weighted by molar-refractivity contribution is 7.80. The van der Waals surface area contributed by atoms with Crippen LogP contribution in [0.2, 0.25) is 10.0 Å². The van der Waals surface area contributed by atoms with Crippen LogP contribution >= 0.6 is 35.4 Å². The Kier molecular flexibility index (Phi) is 7.74. The highest BCUT2D eigenvalue weighted by atomic mass is 35.5. The topological polar surface area (TPSA) is 18.5 Å². The van der Waals surface area contributed by atoms with Crippen LogP contribution in [0.1, 0.15) is 13.8 Å². The lowest BCUT2D eigenvalue weighted by atomic mass is 10.2. The first-order valence-corrected chi connectivity index (χ1v) is 8.12. The molecular weight excluding hydrogens is 325 g/mol. The van der Waals surface area contributed by atoms with Gasteiger partial charge in [0.15, 0.2) is 5.11 Å². The van der Waals surface area contributed by atoms with Gasteiger partial charge in [0.1, 0.15) is 0 Å². The van der Waals surface area contributed by atoms with E-state index in [2.05, 4.69) is 43.1 Å². The van der Waals surface area contributed by atoms with Crippen molar-refractivity contribution in [2.75, 3.05) is 39.0 Å². The Morgan fingerprint density at radius 2 is 1.76 bits per heavy atom. The summed E-state index contributed by atoms with van der Waals surface area (Å²) in [6.45, 7) is 7.03. The van der Waals surface area contributed by atoms with E-state index < -0.39 is 0 Å². The maximum Gasteiger partial charge on any atom is 0.173 e.